The number of hydrogen-bond donors (Lipinski definition) is 1. The molecule has 3 rings (SSSR count). The first kappa shape index (κ1) is 18.4. The molecule has 0 bridgehead atoms. The van der Waals surface area contributed by atoms with E-state index in [1.165, 1.54) is 6.42 Å². The molecule has 138 valence electrons. The SMILES string of the molecule is Cc1cc(C(=O)O[C@H](C)C(=O)N[C@H]2CCCC[C@H]2C)c2ccccc2n1. The van der Waals surface area contributed by atoms with Crippen molar-refractivity contribution >= 4 is 22.8 Å². The van der Waals surface area contributed by atoms with Crippen LogP contribution in [0.4, 0.5) is 0 Å². The van der Waals surface area contributed by atoms with Crippen molar-refractivity contribution in [3.63, 3.8) is 0 Å². The van der Waals surface area contributed by atoms with Gasteiger partial charge < -0.3 is 10.1 Å². The van der Waals surface area contributed by atoms with E-state index in [2.05, 4.69) is 17.2 Å². The van der Waals surface area contributed by atoms with Crippen molar-refractivity contribution in [2.24, 2.45) is 5.92 Å². The lowest BCUT2D eigenvalue weighted by molar-refractivity contribution is -0.130. The molecule has 0 radical (unpaired) electrons. The van der Waals surface area contributed by atoms with E-state index in [-0.39, 0.29) is 11.9 Å². The molecule has 1 aliphatic carbocycles. The van der Waals surface area contributed by atoms with Gasteiger partial charge in [0.1, 0.15) is 0 Å². The fourth-order valence-corrected chi connectivity index (χ4v) is 3.59. The van der Waals surface area contributed by atoms with Gasteiger partial charge in [-0.25, -0.2) is 4.79 Å². The van der Waals surface area contributed by atoms with E-state index in [1.807, 2.05) is 31.2 Å². The topological polar surface area (TPSA) is 68.3 Å². The molecule has 1 N–H and O–H groups in total. The minimum atomic E-state index is -0.830. The van der Waals surface area contributed by atoms with Crippen LogP contribution in [0.3, 0.4) is 0 Å². The van der Waals surface area contributed by atoms with Gasteiger partial charge in [0.15, 0.2) is 6.10 Å². The molecule has 3 atom stereocenters. The molecular formula is C21H26N2O3. The smallest absolute Gasteiger partial charge is 0.339 e. The number of rotatable bonds is 4. The van der Waals surface area contributed by atoms with Crippen LogP contribution in [0, 0.1) is 12.8 Å². The number of nitrogens with one attached hydrogen (secondary N) is 1. The van der Waals surface area contributed by atoms with Gasteiger partial charge in [-0.3, -0.25) is 9.78 Å². The van der Waals surface area contributed by atoms with Crippen LogP contribution in [-0.4, -0.2) is 29.0 Å². The first-order valence-corrected chi connectivity index (χ1v) is 9.33. The van der Waals surface area contributed by atoms with Crippen molar-refractivity contribution in [2.75, 3.05) is 0 Å². The summed E-state index contributed by atoms with van der Waals surface area (Å²) in [6.45, 7) is 5.62. The van der Waals surface area contributed by atoms with Crippen LogP contribution in [0.5, 0.6) is 0 Å². The van der Waals surface area contributed by atoms with Crippen molar-refractivity contribution in [3.8, 4) is 0 Å². The first-order chi connectivity index (χ1) is 12.5. The van der Waals surface area contributed by atoms with E-state index in [0.29, 0.717) is 11.5 Å². The summed E-state index contributed by atoms with van der Waals surface area (Å²) < 4.78 is 5.46. The standard InChI is InChI=1S/C21H26N2O3/c1-13-8-4-6-10-18(13)23-20(24)15(3)26-21(25)17-12-14(2)22-19-11-7-5-9-16(17)19/h5,7,9,11-13,15,18H,4,6,8,10H2,1-3H3,(H,23,24)/t13-,15-,18+/m1/s1. The quantitative estimate of drug-likeness (QED) is 0.849. The largest absolute Gasteiger partial charge is 0.449 e. The van der Waals surface area contributed by atoms with Crippen molar-refractivity contribution in [3.05, 3.63) is 41.6 Å². The number of fused-ring (bicyclic) bond motifs is 1. The van der Waals surface area contributed by atoms with Gasteiger partial charge in [0.2, 0.25) is 0 Å². The van der Waals surface area contributed by atoms with Crippen molar-refractivity contribution < 1.29 is 14.3 Å². The third-order valence-electron chi connectivity index (χ3n) is 5.16. The van der Waals surface area contributed by atoms with Gasteiger partial charge in [-0.05, 0) is 44.7 Å². The number of carbonyl (C=O) groups is 2. The summed E-state index contributed by atoms with van der Waals surface area (Å²) in [5.41, 5.74) is 1.93. The summed E-state index contributed by atoms with van der Waals surface area (Å²) in [7, 11) is 0. The summed E-state index contributed by atoms with van der Waals surface area (Å²) in [5, 5.41) is 3.78. The Morgan fingerprint density at radius 1 is 1.23 bits per heavy atom. The van der Waals surface area contributed by atoms with E-state index in [0.717, 1.165) is 35.9 Å². The van der Waals surface area contributed by atoms with E-state index in [4.69, 9.17) is 4.74 Å². The van der Waals surface area contributed by atoms with Gasteiger partial charge in [0.25, 0.3) is 5.91 Å². The number of para-hydroxylation sites is 1. The van der Waals surface area contributed by atoms with Gasteiger partial charge in [0.05, 0.1) is 11.1 Å². The highest BCUT2D eigenvalue weighted by atomic mass is 16.5. The molecule has 5 heteroatoms. The molecule has 1 saturated carbocycles. The van der Waals surface area contributed by atoms with Crippen LogP contribution in [0.15, 0.2) is 30.3 Å². The zero-order chi connectivity index (χ0) is 18.7. The fraction of sp³-hybridized carbons (Fsp3) is 0.476. The molecule has 0 aliphatic heterocycles. The normalized spacial score (nSPS) is 21.2. The van der Waals surface area contributed by atoms with Crippen LogP contribution in [-0.2, 0) is 9.53 Å². The molecule has 0 saturated heterocycles. The molecule has 26 heavy (non-hydrogen) atoms. The molecule has 1 heterocycles. The minimum Gasteiger partial charge on any atom is -0.449 e. The van der Waals surface area contributed by atoms with Crippen molar-refractivity contribution in [2.45, 2.75) is 58.6 Å². The lowest BCUT2D eigenvalue weighted by atomic mass is 9.86. The number of nitrogens with zero attached hydrogens (tertiary/aromatic N) is 1. The van der Waals surface area contributed by atoms with Gasteiger partial charge in [0, 0.05) is 17.1 Å². The van der Waals surface area contributed by atoms with Gasteiger partial charge in [-0.15, -0.1) is 0 Å². The van der Waals surface area contributed by atoms with Gasteiger partial charge in [-0.1, -0.05) is 38.0 Å². The third-order valence-corrected chi connectivity index (χ3v) is 5.16. The Bertz CT molecular complexity index is 818. The summed E-state index contributed by atoms with van der Waals surface area (Å²) >= 11 is 0. The van der Waals surface area contributed by atoms with E-state index in [1.54, 1.807) is 13.0 Å². The van der Waals surface area contributed by atoms with Gasteiger partial charge in [-0.2, -0.15) is 0 Å². The Balaban J connectivity index is 1.70. The highest BCUT2D eigenvalue weighted by Gasteiger charge is 2.27. The van der Waals surface area contributed by atoms with Crippen LogP contribution >= 0.6 is 0 Å². The van der Waals surface area contributed by atoms with Crippen LogP contribution in [0.1, 0.15) is 55.6 Å². The molecule has 1 aliphatic rings. The Labute approximate surface area is 154 Å². The number of pyridine rings is 1. The number of hydrogen-bond acceptors (Lipinski definition) is 4. The Morgan fingerprint density at radius 2 is 1.96 bits per heavy atom. The second-order valence-electron chi connectivity index (χ2n) is 7.25. The second-order valence-corrected chi connectivity index (χ2v) is 7.25. The number of aromatic nitrogens is 1. The highest BCUT2D eigenvalue weighted by Crippen LogP contribution is 2.24. The highest BCUT2D eigenvalue weighted by molar-refractivity contribution is 6.04. The fourth-order valence-electron chi connectivity index (χ4n) is 3.59. The number of benzene rings is 1. The number of esters is 1. The number of ether oxygens (including phenoxy) is 1. The predicted octanol–water partition coefficient (Wildman–Crippen LogP) is 3.78. The van der Waals surface area contributed by atoms with Crippen LogP contribution in [0.2, 0.25) is 0 Å². The average molecular weight is 354 g/mol. The zero-order valence-electron chi connectivity index (χ0n) is 15.6. The predicted molar refractivity (Wildman–Crippen MR) is 101 cm³/mol. The minimum absolute atomic E-state index is 0.168. The maximum atomic E-state index is 12.7. The van der Waals surface area contributed by atoms with E-state index < -0.39 is 12.1 Å². The summed E-state index contributed by atoms with van der Waals surface area (Å²) in [6.07, 6.45) is 3.63. The van der Waals surface area contributed by atoms with Crippen LogP contribution < -0.4 is 5.32 Å². The molecule has 5 nitrogen and oxygen atoms in total. The number of carbonyl (C=O) groups excluding carboxylic acids is 2. The summed E-state index contributed by atoms with van der Waals surface area (Å²) in [6, 6.07) is 9.31. The zero-order valence-corrected chi connectivity index (χ0v) is 15.6. The lowest BCUT2D eigenvalue weighted by Crippen LogP contribution is -2.46. The maximum Gasteiger partial charge on any atom is 0.339 e. The van der Waals surface area contributed by atoms with E-state index in [9.17, 15) is 9.59 Å². The Kier molecular flexibility index (Phi) is 5.55. The van der Waals surface area contributed by atoms with Crippen LogP contribution in [0.25, 0.3) is 10.9 Å². The molecule has 0 unspecified atom stereocenters. The number of aryl methyl sites for hydroxylation is 1. The lowest BCUT2D eigenvalue weighted by Gasteiger charge is -2.30. The average Bonchev–Trinajstić information content (AvgIpc) is 2.62. The first-order valence-electron chi connectivity index (χ1n) is 9.33. The second kappa shape index (κ2) is 7.85. The van der Waals surface area contributed by atoms with Crippen molar-refractivity contribution in [1.82, 2.24) is 10.3 Å². The molecule has 1 aromatic heterocycles. The summed E-state index contributed by atoms with van der Waals surface area (Å²) in [4.78, 5) is 29.5. The molecular weight excluding hydrogens is 328 g/mol. The monoisotopic (exact) mass is 354 g/mol. The molecule has 1 amide bonds. The van der Waals surface area contributed by atoms with Gasteiger partial charge >= 0.3 is 5.97 Å². The maximum absolute atomic E-state index is 12.7. The van der Waals surface area contributed by atoms with E-state index >= 15 is 0 Å². The molecule has 0 spiro atoms. The van der Waals surface area contributed by atoms with Crippen molar-refractivity contribution in [1.29, 1.82) is 0 Å². The number of amides is 1. The summed E-state index contributed by atoms with van der Waals surface area (Å²) in [5.74, 6) is -0.263. The molecule has 1 fully saturated rings. The Morgan fingerprint density at radius 3 is 2.73 bits per heavy atom. The molecule has 2 aromatic rings. The third kappa shape index (κ3) is 4.03. The Hall–Kier alpha value is -2.43. The molecule has 1 aromatic carbocycles.